The van der Waals surface area contributed by atoms with Gasteiger partial charge in [-0.05, 0) is 36.1 Å². The second-order valence-corrected chi connectivity index (χ2v) is 3.66. The molecule has 1 aromatic rings. The van der Waals surface area contributed by atoms with Gasteiger partial charge in [0.1, 0.15) is 0 Å². The van der Waals surface area contributed by atoms with Crippen molar-refractivity contribution >= 4 is 5.69 Å². The maximum absolute atomic E-state index is 9.55. The Morgan fingerprint density at radius 1 is 1.64 bits per heavy atom. The van der Waals surface area contributed by atoms with Gasteiger partial charge in [-0.15, -0.1) is 0 Å². The number of nitrogen functional groups attached to an aromatic ring is 1. The molecule has 0 spiro atoms. The third kappa shape index (κ3) is 1.21. The van der Waals surface area contributed by atoms with Gasteiger partial charge in [0.15, 0.2) is 6.29 Å². The lowest BCUT2D eigenvalue weighted by atomic mass is 9.95. The molecule has 3 N–H and O–H groups in total. The Kier molecular flexibility index (Phi) is 2.21. The van der Waals surface area contributed by atoms with Gasteiger partial charge in [-0.1, -0.05) is 6.92 Å². The summed E-state index contributed by atoms with van der Waals surface area (Å²) in [6.45, 7) is 4.62. The number of ether oxygens (including phenoxy) is 1. The molecule has 0 amide bonds. The van der Waals surface area contributed by atoms with Gasteiger partial charge in [0.2, 0.25) is 0 Å². The molecule has 3 nitrogen and oxygen atoms in total. The lowest BCUT2D eigenvalue weighted by Crippen LogP contribution is -2.02. The average Bonchev–Trinajstić information content (AvgIpc) is 2.54. The fourth-order valence-electron chi connectivity index (χ4n) is 2.03. The van der Waals surface area contributed by atoms with Crippen molar-refractivity contribution in [3.63, 3.8) is 0 Å². The predicted molar refractivity (Wildman–Crippen MR) is 54.7 cm³/mol. The summed E-state index contributed by atoms with van der Waals surface area (Å²) in [6.07, 6.45) is 0.119. The maximum atomic E-state index is 9.55. The van der Waals surface area contributed by atoms with E-state index < -0.39 is 6.29 Å². The van der Waals surface area contributed by atoms with Crippen molar-refractivity contribution in [2.75, 3.05) is 5.73 Å². The van der Waals surface area contributed by atoms with Gasteiger partial charge in [-0.25, -0.2) is 0 Å². The number of fused-ring (bicyclic) bond motifs is 1. The number of hydrogen-bond acceptors (Lipinski definition) is 3. The molecule has 0 fully saturated rings. The highest BCUT2D eigenvalue weighted by Crippen LogP contribution is 2.36. The van der Waals surface area contributed by atoms with Crippen molar-refractivity contribution < 1.29 is 9.84 Å². The normalized spacial score (nSPS) is 19.8. The van der Waals surface area contributed by atoms with E-state index in [1.807, 2.05) is 6.07 Å². The number of benzene rings is 1. The molecular formula is C11H15NO2. The van der Waals surface area contributed by atoms with Crippen LogP contribution in [0.25, 0.3) is 0 Å². The molecule has 3 heteroatoms. The van der Waals surface area contributed by atoms with E-state index in [4.69, 9.17) is 10.5 Å². The molecule has 76 valence electrons. The first kappa shape index (κ1) is 9.49. The fraction of sp³-hybridized carbons (Fsp3) is 0.455. The molecule has 0 bridgehead atoms. The molecule has 2 rings (SSSR count). The Labute approximate surface area is 83.5 Å². The fourth-order valence-corrected chi connectivity index (χ4v) is 2.03. The smallest absolute Gasteiger partial charge is 0.183 e. The molecule has 1 atom stereocenters. The second-order valence-electron chi connectivity index (χ2n) is 3.66. The van der Waals surface area contributed by atoms with E-state index in [0.717, 1.165) is 17.5 Å². The van der Waals surface area contributed by atoms with E-state index in [1.165, 1.54) is 11.1 Å². The molecule has 1 heterocycles. The van der Waals surface area contributed by atoms with Gasteiger partial charge in [0.25, 0.3) is 0 Å². The topological polar surface area (TPSA) is 55.5 Å². The van der Waals surface area contributed by atoms with Crippen LogP contribution in [0.1, 0.15) is 35.5 Å². The first-order valence-electron chi connectivity index (χ1n) is 4.85. The van der Waals surface area contributed by atoms with Crippen LogP contribution in [0.2, 0.25) is 0 Å². The minimum atomic E-state index is -0.838. The number of hydrogen-bond donors (Lipinski definition) is 2. The quantitative estimate of drug-likeness (QED) is 0.667. The molecule has 1 unspecified atom stereocenters. The summed E-state index contributed by atoms with van der Waals surface area (Å²) in [6, 6.07) is 1.94. The third-order valence-electron chi connectivity index (χ3n) is 2.91. The Morgan fingerprint density at radius 2 is 2.36 bits per heavy atom. The first-order valence-corrected chi connectivity index (χ1v) is 4.85. The average molecular weight is 193 g/mol. The highest BCUT2D eigenvalue weighted by Gasteiger charge is 2.26. The zero-order valence-electron chi connectivity index (χ0n) is 8.50. The summed E-state index contributed by atoms with van der Waals surface area (Å²) in [4.78, 5) is 0. The number of nitrogens with two attached hydrogens (primary N) is 1. The zero-order valence-corrected chi connectivity index (χ0v) is 8.50. The van der Waals surface area contributed by atoms with Crippen LogP contribution < -0.4 is 5.73 Å². The van der Waals surface area contributed by atoms with Crippen molar-refractivity contribution in [3.05, 3.63) is 28.3 Å². The Hall–Kier alpha value is -1.06. The minimum absolute atomic E-state index is 0.473. The molecule has 1 aliphatic heterocycles. The van der Waals surface area contributed by atoms with Gasteiger partial charge in [0.05, 0.1) is 6.61 Å². The van der Waals surface area contributed by atoms with E-state index in [2.05, 4.69) is 13.8 Å². The van der Waals surface area contributed by atoms with Gasteiger partial charge >= 0.3 is 0 Å². The van der Waals surface area contributed by atoms with Gasteiger partial charge < -0.3 is 15.6 Å². The Morgan fingerprint density at radius 3 is 3.00 bits per heavy atom. The minimum Gasteiger partial charge on any atom is -0.398 e. The lowest BCUT2D eigenvalue weighted by Gasteiger charge is -2.12. The van der Waals surface area contributed by atoms with E-state index in [9.17, 15) is 5.11 Å². The Bertz CT molecular complexity index is 374. The molecule has 1 aromatic carbocycles. The Balaban J connectivity index is 2.64. The summed E-state index contributed by atoms with van der Waals surface area (Å²) in [5.74, 6) is 0. The highest BCUT2D eigenvalue weighted by atomic mass is 16.6. The van der Waals surface area contributed by atoms with E-state index in [0.29, 0.717) is 12.3 Å². The molecule has 0 aliphatic carbocycles. The van der Waals surface area contributed by atoms with Crippen LogP contribution in [-0.2, 0) is 17.8 Å². The summed E-state index contributed by atoms with van der Waals surface area (Å²) in [7, 11) is 0. The lowest BCUT2D eigenvalue weighted by molar-refractivity contribution is -0.0915. The van der Waals surface area contributed by atoms with Crippen LogP contribution in [0.4, 0.5) is 5.69 Å². The third-order valence-corrected chi connectivity index (χ3v) is 2.91. The number of aliphatic hydroxyl groups is 1. The summed E-state index contributed by atoms with van der Waals surface area (Å²) in [5.41, 5.74) is 10.8. The van der Waals surface area contributed by atoms with Crippen molar-refractivity contribution in [3.8, 4) is 0 Å². The van der Waals surface area contributed by atoms with Crippen molar-refractivity contribution in [2.24, 2.45) is 0 Å². The van der Waals surface area contributed by atoms with Crippen LogP contribution in [0, 0.1) is 6.92 Å². The van der Waals surface area contributed by atoms with Crippen LogP contribution in [0.3, 0.4) is 0 Å². The molecule has 1 aliphatic rings. The van der Waals surface area contributed by atoms with E-state index >= 15 is 0 Å². The van der Waals surface area contributed by atoms with Crippen LogP contribution in [0.15, 0.2) is 6.07 Å². The maximum Gasteiger partial charge on any atom is 0.183 e. The summed E-state index contributed by atoms with van der Waals surface area (Å²) >= 11 is 0. The van der Waals surface area contributed by atoms with E-state index in [1.54, 1.807) is 0 Å². The monoisotopic (exact) mass is 193 g/mol. The summed E-state index contributed by atoms with van der Waals surface area (Å²) in [5, 5.41) is 9.55. The summed E-state index contributed by atoms with van der Waals surface area (Å²) < 4.78 is 5.16. The van der Waals surface area contributed by atoms with Crippen LogP contribution in [-0.4, -0.2) is 5.11 Å². The standard InChI is InChI=1S/C11H15NO2/c1-3-7-4-9(12)10-8(6(7)2)5-14-11(10)13/h4,11,13H,3,5,12H2,1-2H3. The molecular weight excluding hydrogens is 178 g/mol. The van der Waals surface area contributed by atoms with Crippen molar-refractivity contribution in [1.29, 1.82) is 0 Å². The largest absolute Gasteiger partial charge is 0.398 e. The van der Waals surface area contributed by atoms with E-state index in [-0.39, 0.29) is 0 Å². The van der Waals surface area contributed by atoms with Gasteiger partial charge in [0, 0.05) is 11.3 Å². The molecule has 14 heavy (non-hydrogen) atoms. The number of anilines is 1. The van der Waals surface area contributed by atoms with Crippen LogP contribution >= 0.6 is 0 Å². The number of aryl methyl sites for hydroxylation is 1. The van der Waals surface area contributed by atoms with Crippen molar-refractivity contribution in [2.45, 2.75) is 33.2 Å². The first-order chi connectivity index (χ1) is 6.65. The van der Waals surface area contributed by atoms with Gasteiger partial charge in [-0.2, -0.15) is 0 Å². The predicted octanol–water partition coefficient (Wildman–Crippen LogP) is 1.66. The molecule has 0 radical (unpaired) electrons. The number of rotatable bonds is 1. The van der Waals surface area contributed by atoms with Gasteiger partial charge in [-0.3, -0.25) is 0 Å². The molecule has 0 aromatic heterocycles. The highest BCUT2D eigenvalue weighted by molar-refractivity contribution is 5.58. The zero-order chi connectivity index (χ0) is 10.3. The van der Waals surface area contributed by atoms with Crippen LogP contribution in [0.5, 0.6) is 0 Å². The molecule has 0 saturated heterocycles. The SMILES string of the molecule is CCc1cc(N)c2c(c1C)COC2O. The number of aliphatic hydroxyl groups excluding tert-OH is 1. The second kappa shape index (κ2) is 3.26. The molecule has 0 saturated carbocycles. The van der Waals surface area contributed by atoms with Crippen molar-refractivity contribution in [1.82, 2.24) is 0 Å².